The number of hydrogen-bond donors (Lipinski definition) is 1. The molecule has 1 atom stereocenters. The quantitative estimate of drug-likeness (QED) is 0.273. The first-order valence-corrected chi connectivity index (χ1v) is 12.5. The van der Waals surface area contributed by atoms with E-state index in [2.05, 4.69) is 93.9 Å². The molecule has 176 valence electrons. The maximum Gasteiger partial charge on any atom is 0.298 e. The van der Waals surface area contributed by atoms with Crippen molar-refractivity contribution in [1.29, 1.82) is 0 Å². The number of hydrogen-bond acceptors (Lipinski definition) is 3. The molecule has 1 aliphatic rings. The Labute approximate surface area is 214 Å². The van der Waals surface area contributed by atoms with Gasteiger partial charge in [0.15, 0.2) is 0 Å². The second-order valence-corrected chi connectivity index (χ2v) is 10.2. The molecule has 6 heteroatoms. The molecule has 1 unspecified atom stereocenters. The van der Waals surface area contributed by atoms with Crippen molar-refractivity contribution < 1.29 is 9.53 Å². The topological polar surface area (TPSA) is 45.3 Å². The van der Waals surface area contributed by atoms with Gasteiger partial charge >= 0.3 is 0 Å². The van der Waals surface area contributed by atoms with Crippen LogP contribution in [0.2, 0.25) is 5.02 Å². The lowest BCUT2D eigenvalue weighted by atomic mass is 9.91. The molecule has 0 bridgehead atoms. The molecule has 1 aliphatic heterocycles. The fourth-order valence-electron chi connectivity index (χ4n) is 4.43. The van der Waals surface area contributed by atoms with Gasteiger partial charge in [-0.15, -0.1) is 0 Å². The van der Waals surface area contributed by atoms with E-state index in [0.29, 0.717) is 29.2 Å². The number of ether oxygens (including phenoxy) is 1. The lowest BCUT2D eigenvalue weighted by Crippen LogP contribution is -2.32. The molecule has 0 amide bonds. The average Bonchev–Trinajstić information content (AvgIpc) is 3.19. The fourth-order valence-corrected chi connectivity index (χ4v) is 4.92. The summed E-state index contributed by atoms with van der Waals surface area (Å²) < 4.78 is 5.67. The normalized spacial score (nSPS) is 15.5. The van der Waals surface area contributed by atoms with E-state index in [-0.39, 0.29) is 0 Å². The summed E-state index contributed by atoms with van der Waals surface area (Å²) in [6.07, 6.45) is 1.10. The Morgan fingerprint density at radius 1 is 1.09 bits per heavy atom. The van der Waals surface area contributed by atoms with Crippen LogP contribution >= 0.6 is 27.5 Å². The number of nitrogens with zero attached hydrogens (tertiary/aromatic N) is 1. The van der Waals surface area contributed by atoms with Gasteiger partial charge in [-0.3, -0.25) is 9.69 Å². The summed E-state index contributed by atoms with van der Waals surface area (Å²) in [4.78, 5) is 16.0. The van der Waals surface area contributed by atoms with Gasteiger partial charge in [-0.2, -0.15) is 0 Å². The molecule has 0 saturated heterocycles. The number of aromatic amines is 1. The summed E-state index contributed by atoms with van der Waals surface area (Å²) in [5.74, 6) is 1.07. The summed E-state index contributed by atoms with van der Waals surface area (Å²) in [6, 6.07) is 22.5. The van der Waals surface area contributed by atoms with Crippen LogP contribution in [0, 0.1) is 0 Å². The zero-order valence-electron chi connectivity index (χ0n) is 19.5. The second-order valence-electron chi connectivity index (χ2n) is 8.83. The standard InChI is InChI=1S/C21H23BrN2.C7H5ClO2/c1-13(2)14-4-6-15(7-5-14)21-20-17(10-11-24(21)3)18-12-16(22)8-9-19(18)23-20;8-6-1-3-7(4-2-6)10-5-9/h4-9,12-13,21,23H,10-11H2,1-3H3;1-5H. The van der Waals surface area contributed by atoms with Crippen LogP contribution in [-0.4, -0.2) is 29.9 Å². The number of carbonyl (C=O) groups excluding carboxylic acids is 1. The molecule has 5 rings (SSSR count). The van der Waals surface area contributed by atoms with Crippen LogP contribution in [0.1, 0.15) is 48.2 Å². The zero-order valence-corrected chi connectivity index (χ0v) is 21.9. The van der Waals surface area contributed by atoms with Crippen molar-refractivity contribution in [1.82, 2.24) is 9.88 Å². The number of aromatic nitrogens is 1. The average molecular weight is 540 g/mol. The number of nitrogens with one attached hydrogen (secondary N) is 1. The maximum absolute atomic E-state index is 9.80. The first kappa shape index (κ1) is 24.5. The van der Waals surface area contributed by atoms with Crippen molar-refractivity contribution in [2.75, 3.05) is 13.6 Å². The van der Waals surface area contributed by atoms with Crippen molar-refractivity contribution >= 4 is 44.9 Å². The Hall–Kier alpha value is -2.60. The third-order valence-corrected chi connectivity index (χ3v) is 6.99. The summed E-state index contributed by atoms with van der Waals surface area (Å²) in [7, 11) is 2.23. The highest BCUT2D eigenvalue weighted by molar-refractivity contribution is 9.10. The predicted octanol–water partition coefficient (Wildman–Crippen LogP) is 7.51. The zero-order chi connectivity index (χ0) is 24.2. The number of fused-ring (bicyclic) bond motifs is 3. The van der Waals surface area contributed by atoms with Crippen molar-refractivity contribution in [2.45, 2.75) is 32.2 Å². The van der Waals surface area contributed by atoms with Gasteiger partial charge in [0.05, 0.1) is 6.04 Å². The molecular formula is C28H28BrClN2O2. The van der Waals surface area contributed by atoms with Crippen molar-refractivity contribution in [3.8, 4) is 5.75 Å². The Morgan fingerprint density at radius 3 is 2.44 bits per heavy atom. The van der Waals surface area contributed by atoms with Gasteiger partial charge in [0.1, 0.15) is 5.75 Å². The van der Waals surface area contributed by atoms with Gasteiger partial charge in [0.25, 0.3) is 6.47 Å². The van der Waals surface area contributed by atoms with Gasteiger partial charge in [-0.25, -0.2) is 0 Å². The van der Waals surface area contributed by atoms with E-state index in [9.17, 15) is 4.79 Å². The predicted molar refractivity (Wildman–Crippen MR) is 143 cm³/mol. The van der Waals surface area contributed by atoms with Crippen LogP contribution in [0.5, 0.6) is 5.75 Å². The summed E-state index contributed by atoms with van der Waals surface area (Å²) >= 11 is 9.18. The minimum atomic E-state index is 0.307. The molecule has 34 heavy (non-hydrogen) atoms. The molecule has 2 heterocycles. The van der Waals surface area contributed by atoms with E-state index in [0.717, 1.165) is 17.4 Å². The number of halogens is 2. The highest BCUT2D eigenvalue weighted by atomic mass is 79.9. The number of rotatable bonds is 4. The van der Waals surface area contributed by atoms with Crippen LogP contribution in [-0.2, 0) is 11.2 Å². The molecule has 0 saturated carbocycles. The van der Waals surface area contributed by atoms with E-state index in [1.165, 1.54) is 33.3 Å². The second kappa shape index (κ2) is 10.8. The van der Waals surface area contributed by atoms with E-state index in [1.54, 1.807) is 24.3 Å². The number of carbonyl (C=O) groups is 1. The maximum atomic E-state index is 9.80. The minimum absolute atomic E-state index is 0.307. The Kier molecular flexibility index (Phi) is 7.77. The molecule has 1 aromatic heterocycles. The number of H-pyrrole nitrogens is 1. The molecule has 0 aliphatic carbocycles. The lowest BCUT2D eigenvalue weighted by Gasteiger charge is -2.33. The molecule has 3 aromatic carbocycles. The number of likely N-dealkylation sites (N-methyl/N-ethyl adjacent to an activating group) is 1. The highest BCUT2D eigenvalue weighted by Crippen LogP contribution is 2.38. The SMILES string of the molecule is CC(C)c1ccc(C2c3[nH]c4ccc(Br)cc4c3CCN2C)cc1.O=COc1ccc(Cl)cc1. The van der Waals surface area contributed by atoms with Gasteiger partial charge in [0.2, 0.25) is 0 Å². The monoisotopic (exact) mass is 538 g/mol. The van der Waals surface area contributed by atoms with Gasteiger partial charge < -0.3 is 9.72 Å². The largest absolute Gasteiger partial charge is 0.429 e. The van der Waals surface area contributed by atoms with Crippen LogP contribution in [0.3, 0.4) is 0 Å². The van der Waals surface area contributed by atoms with Crippen molar-refractivity contribution in [2.24, 2.45) is 0 Å². The molecular weight excluding hydrogens is 512 g/mol. The van der Waals surface area contributed by atoms with Crippen LogP contribution in [0.4, 0.5) is 0 Å². The lowest BCUT2D eigenvalue weighted by molar-refractivity contribution is -0.120. The molecule has 4 aromatic rings. The number of benzene rings is 3. The van der Waals surface area contributed by atoms with Crippen molar-refractivity contribution in [3.63, 3.8) is 0 Å². The van der Waals surface area contributed by atoms with Crippen LogP contribution in [0.25, 0.3) is 10.9 Å². The third kappa shape index (κ3) is 5.38. The first-order valence-electron chi connectivity index (χ1n) is 11.3. The van der Waals surface area contributed by atoms with E-state index in [1.807, 2.05) is 0 Å². The van der Waals surface area contributed by atoms with E-state index < -0.39 is 0 Å². The fraction of sp³-hybridized carbons (Fsp3) is 0.250. The Balaban J connectivity index is 0.000000231. The summed E-state index contributed by atoms with van der Waals surface area (Å²) in [5.41, 5.74) is 6.84. The van der Waals surface area contributed by atoms with Crippen molar-refractivity contribution in [3.05, 3.63) is 98.6 Å². The van der Waals surface area contributed by atoms with E-state index in [4.69, 9.17) is 11.6 Å². The first-order chi connectivity index (χ1) is 16.4. The Morgan fingerprint density at radius 2 is 1.79 bits per heavy atom. The minimum Gasteiger partial charge on any atom is -0.429 e. The Bertz CT molecular complexity index is 1270. The van der Waals surface area contributed by atoms with Gasteiger partial charge in [-0.05, 0) is 78.5 Å². The van der Waals surface area contributed by atoms with Crippen LogP contribution in [0.15, 0.2) is 71.2 Å². The smallest absolute Gasteiger partial charge is 0.298 e. The molecule has 0 fully saturated rings. The van der Waals surface area contributed by atoms with E-state index >= 15 is 0 Å². The highest BCUT2D eigenvalue weighted by Gasteiger charge is 2.29. The molecule has 0 spiro atoms. The summed E-state index contributed by atoms with van der Waals surface area (Å²) in [5, 5.41) is 1.98. The van der Waals surface area contributed by atoms with Gasteiger partial charge in [-0.1, -0.05) is 65.6 Å². The van der Waals surface area contributed by atoms with Gasteiger partial charge in [0, 0.05) is 32.6 Å². The van der Waals surface area contributed by atoms with Crippen LogP contribution < -0.4 is 4.74 Å². The summed E-state index contributed by atoms with van der Waals surface area (Å²) in [6.45, 7) is 5.96. The third-order valence-electron chi connectivity index (χ3n) is 6.25. The molecule has 0 radical (unpaired) electrons. The molecule has 1 N–H and O–H groups in total. The molecule has 4 nitrogen and oxygen atoms in total.